The Labute approximate surface area is 188 Å². The Morgan fingerprint density at radius 2 is 2.03 bits per heavy atom. The maximum Gasteiger partial charge on any atom is 0.159 e. The Hall–Kier alpha value is -2.55. The number of anilines is 1. The number of nitrogens with zero attached hydrogens (tertiary/aromatic N) is 5. The van der Waals surface area contributed by atoms with E-state index in [9.17, 15) is 5.11 Å². The lowest BCUT2D eigenvalue weighted by atomic mass is 9.84. The number of aryl methyl sites for hydroxylation is 2. The third-order valence-electron chi connectivity index (χ3n) is 6.71. The third-order valence-corrected chi connectivity index (χ3v) is 6.71. The fourth-order valence-electron chi connectivity index (χ4n) is 5.09. The molecule has 2 N–H and O–H groups in total. The van der Waals surface area contributed by atoms with Crippen molar-refractivity contribution in [2.75, 3.05) is 37.7 Å². The van der Waals surface area contributed by atoms with Crippen molar-refractivity contribution in [2.24, 2.45) is 0 Å². The average Bonchev–Trinajstić information content (AvgIpc) is 3.21. The summed E-state index contributed by atoms with van der Waals surface area (Å²) in [6.07, 6.45) is 4.04. The van der Waals surface area contributed by atoms with Gasteiger partial charge in [0.15, 0.2) is 5.82 Å². The van der Waals surface area contributed by atoms with Gasteiger partial charge in [-0.05, 0) is 69.3 Å². The molecule has 2 saturated heterocycles. The molecule has 0 aliphatic carbocycles. The summed E-state index contributed by atoms with van der Waals surface area (Å²) in [7, 11) is 0. The number of aliphatic hydroxyl groups is 1. The number of hydrogen-bond donors (Lipinski definition) is 2. The summed E-state index contributed by atoms with van der Waals surface area (Å²) in [5.74, 6) is 2.87. The van der Waals surface area contributed by atoms with E-state index in [1.807, 2.05) is 23.9 Å². The number of piperidine rings is 1. The second-order valence-corrected chi connectivity index (χ2v) is 9.15. The van der Waals surface area contributed by atoms with E-state index in [1.165, 1.54) is 11.1 Å². The van der Waals surface area contributed by atoms with Crippen LogP contribution in [0.2, 0.25) is 0 Å². The summed E-state index contributed by atoms with van der Waals surface area (Å²) in [4.78, 5) is 11.5. The number of rotatable bonds is 4. The fraction of sp³-hybridized carbons (Fsp3) is 0.542. The predicted octanol–water partition coefficient (Wildman–Crippen LogP) is 2.49. The number of nitrogens with one attached hydrogen (secondary N) is 1. The second kappa shape index (κ2) is 8.77. The van der Waals surface area contributed by atoms with Crippen LogP contribution in [-0.2, 0) is 4.74 Å². The molecule has 0 saturated carbocycles. The van der Waals surface area contributed by atoms with Crippen LogP contribution in [0.1, 0.15) is 42.6 Å². The Morgan fingerprint density at radius 1 is 1.19 bits per heavy atom. The van der Waals surface area contributed by atoms with Crippen LogP contribution < -0.4 is 10.2 Å². The number of fused-ring (bicyclic) bond motifs is 1. The molecule has 0 bridgehead atoms. The van der Waals surface area contributed by atoms with Gasteiger partial charge in [0.2, 0.25) is 0 Å². The van der Waals surface area contributed by atoms with Crippen molar-refractivity contribution in [2.45, 2.75) is 51.7 Å². The van der Waals surface area contributed by atoms with E-state index in [-0.39, 0.29) is 12.7 Å². The third kappa shape index (κ3) is 4.10. The van der Waals surface area contributed by atoms with Crippen LogP contribution in [-0.4, -0.2) is 69.8 Å². The lowest BCUT2D eigenvalue weighted by Gasteiger charge is -2.33. The van der Waals surface area contributed by atoms with Crippen LogP contribution in [0.25, 0.3) is 16.7 Å². The first-order valence-corrected chi connectivity index (χ1v) is 11.6. The molecule has 2 aliphatic heterocycles. The summed E-state index contributed by atoms with van der Waals surface area (Å²) in [5.41, 5.74) is 3.83. The monoisotopic (exact) mass is 436 g/mol. The molecule has 2 aromatic heterocycles. The van der Waals surface area contributed by atoms with Gasteiger partial charge in [0.05, 0.1) is 31.0 Å². The molecule has 2 unspecified atom stereocenters. The minimum atomic E-state index is -0.189. The number of ether oxygens (including phenoxy) is 1. The minimum absolute atomic E-state index is 0.00858. The molecule has 32 heavy (non-hydrogen) atoms. The molecule has 1 aromatic carbocycles. The van der Waals surface area contributed by atoms with Crippen molar-refractivity contribution in [1.29, 1.82) is 0 Å². The molecule has 3 aromatic rings. The molecule has 8 nitrogen and oxygen atoms in total. The van der Waals surface area contributed by atoms with E-state index in [0.717, 1.165) is 48.5 Å². The van der Waals surface area contributed by atoms with Crippen molar-refractivity contribution in [3.8, 4) is 5.82 Å². The Morgan fingerprint density at radius 3 is 2.84 bits per heavy atom. The maximum absolute atomic E-state index is 9.50. The van der Waals surface area contributed by atoms with E-state index in [0.29, 0.717) is 30.9 Å². The van der Waals surface area contributed by atoms with E-state index < -0.39 is 0 Å². The summed E-state index contributed by atoms with van der Waals surface area (Å²) in [5, 5.41) is 18.9. The Balaban J connectivity index is 1.53. The molecule has 0 amide bonds. The highest BCUT2D eigenvalue weighted by atomic mass is 16.5. The number of morpholine rings is 1. The molecule has 8 heteroatoms. The van der Waals surface area contributed by atoms with Crippen molar-refractivity contribution in [1.82, 2.24) is 25.1 Å². The van der Waals surface area contributed by atoms with Crippen LogP contribution in [0.4, 0.5) is 5.82 Å². The van der Waals surface area contributed by atoms with Gasteiger partial charge in [-0.2, -0.15) is 5.10 Å². The average molecular weight is 437 g/mol. The maximum atomic E-state index is 9.50. The van der Waals surface area contributed by atoms with Crippen molar-refractivity contribution in [3.05, 3.63) is 41.3 Å². The van der Waals surface area contributed by atoms with Gasteiger partial charge >= 0.3 is 0 Å². The van der Waals surface area contributed by atoms with E-state index >= 15 is 0 Å². The molecule has 0 spiro atoms. The van der Waals surface area contributed by atoms with Crippen LogP contribution in [0.3, 0.4) is 0 Å². The van der Waals surface area contributed by atoms with Crippen LogP contribution in [0.15, 0.2) is 24.4 Å². The van der Waals surface area contributed by atoms with Gasteiger partial charge in [0.25, 0.3) is 0 Å². The summed E-state index contributed by atoms with van der Waals surface area (Å²) in [6.45, 7) is 9.39. The van der Waals surface area contributed by atoms with Crippen molar-refractivity contribution >= 4 is 16.7 Å². The molecule has 2 aliphatic rings. The zero-order valence-corrected chi connectivity index (χ0v) is 19.1. The van der Waals surface area contributed by atoms with Crippen LogP contribution >= 0.6 is 0 Å². The van der Waals surface area contributed by atoms with Crippen molar-refractivity contribution < 1.29 is 9.84 Å². The molecule has 0 radical (unpaired) electrons. The standard InChI is InChI=1S/C24H32N6O2/c1-15-8-19-12-26-30(22(19)10-21(15)18-4-5-25-16(2)9-18)24-11-23(27-17(3)28-24)29-6-7-32-20(13-29)14-31/h8,10-12,16,18,20,25,31H,4-7,9,13-14H2,1-3H3/t16?,18?,20-/m1/s1. The highest BCUT2D eigenvalue weighted by Crippen LogP contribution is 2.33. The largest absolute Gasteiger partial charge is 0.394 e. The van der Waals surface area contributed by atoms with Gasteiger partial charge in [-0.15, -0.1) is 0 Å². The Kier molecular flexibility index (Phi) is 5.84. The van der Waals surface area contributed by atoms with Crippen LogP contribution in [0, 0.1) is 13.8 Å². The van der Waals surface area contributed by atoms with E-state index in [4.69, 9.17) is 14.8 Å². The van der Waals surface area contributed by atoms with Crippen molar-refractivity contribution in [3.63, 3.8) is 0 Å². The number of aromatic nitrogens is 4. The Bertz CT molecular complexity index is 1110. The number of aliphatic hydroxyl groups excluding tert-OH is 1. The lowest BCUT2D eigenvalue weighted by molar-refractivity contribution is 0.00335. The van der Waals surface area contributed by atoms with Gasteiger partial charge < -0.3 is 20.1 Å². The summed E-state index contributed by atoms with van der Waals surface area (Å²) >= 11 is 0. The quantitative estimate of drug-likeness (QED) is 0.650. The highest BCUT2D eigenvalue weighted by Gasteiger charge is 2.24. The lowest BCUT2D eigenvalue weighted by Crippen LogP contribution is -2.44. The first-order chi connectivity index (χ1) is 15.5. The predicted molar refractivity (Wildman–Crippen MR) is 125 cm³/mol. The smallest absolute Gasteiger partial charge is 0.159 e. The van der Waals surface area contributed by atoms with Crippen LogP contribution in [0.5, 0.6) is 0 Å². The summed E-state index contributed by atoms with van der Waals surface area (Å²) < 4.78 is 7.54. The molecule has 3 atom stereocenters. The molecule has 2 fully saturated rings. The van der Waals surface area contributed by atoms with Gasteiger partial charge in [-0.1, -0.05) is 0 Å². The summed E-state index contributed by atoms with van der Waals surface area (Å²) in [6, 6.07) is 7.10. The highest BCUT2D eigenvalue weighted by molar-refractivity contribution is 5.82. The number of hydrogen-bond acceptors (Lipinski definition) is 7. The first kappa shape index (κ1) is 21.3. The van der Waals surface area contributed by atoms with Gasteiger partial charge in [0, 0.05) is 30.6 Å². The molecule has 5 rings (SSSR count). The fourth-order valence-corrected chi connectivity index (χ4v) is 5.09. The van der Waals surface area contributed by atoms with Gasteiger partial charge in [-0.3, -0.25) is 0 Å². The normalized spacial score (nSPS) is 24.2. The topological polar surface area (TPSA) is 88.3 Å². The van der Waals surface area contributed by atoms with Gasteiger partial charge in [-0.25, -0.2) is 14.6 Å². The van der Waals surface area contributed by atoms with E-state index in [1.54, 1.807) is 0 Å². The molecular formula is C24H32N6O2. The molecule has 4 heterocycles. The van der Waals surface area contributed by atoms with E-state index in [2.05, 4.69) is 41.2 Å². The zero-order valence-electron chi connectivity index (χ0n) is 19.1. The second-order valence-electron chi connectivity index (χ2n) is 9.15. The SMILES string of the molecule is Cc1nc(N2CCO[C@@H](CO)C2)cc(-n2ncc3cc(C)c(C4CCNC(C)C4)cc32)n1. The number of benzene rings is 1. The molecular weight excluding hydrogens is 404 g/mol. The zero-order chi connectivity index (χ0) is 22.2. The minimum Gasteiger partial charge on any atom is -0.394 e. The molecule has 170 valence electrons. The first-order valence-electron chi connectivity index (χ1n) is 11.6. The van der Waals surface area contributed by atoms with Gasteiger partial charge in [0.1, 0.15) is 11.6 Å².